The highest BCUT2D eigenvalue weighted by molar-refractivity contribution is 6.31. The molecule has 5 aromatic rings. The average molecular weight is 602 g/mol. The number of hydrogen-bond acceptors (Lipinski definition) is 4. The molecular weight excluding hydrogens is 588 g/mol. The molecule has 212 valence electrons. The molecule has 3 aromatic carbocycles. The van der Waals surface area contributed by atoms with Gasteiger partial charge in [-0.15, -0.1) is 0 Å². The van der Waals surface area contributed by atoms with Crippen molar-refractivity contribution in [1.82, 2.24) is 19.9 Å². The van der Waals surface area contributed by atoms with E-state index < -0.39 is 57.6 Å². The van der Waals surface area contributed by atoms with Crippen molar-refractivity contribution in [2.75, 3.05) is 5.32 Å². The SMILES string of the molecule is O=C(Nc1cc(-c2ccc3ncnn3c2)cc2c1[C@@H](c1cc(F)cc(F)c1Cl)NC2=O)c1cc(F)cc(C(F)(F)F)c1. The number of nitrogens with zero attached hydrogens (tertiary/aromatic N) is 3. The normalized spacial score (nSPS) is 14.6. The number of amides is 2. The first kappa shape index (κ1) is 27.3. The first-order valence-corrected chi connectivity index (χ1v) is 12.4. The molecule has 0 unspecified atom stereocenters. The number of aromatic nitrogens is 3. The number of carbonyl (C=O) groups excluding carboxylic acids is 2. The topological polar surface area (TPSA) is 88.4 Å². The van der Waals surface area contributed by atoms with Crippen LogP contribution in [0.5, 0.6) is 0 Å². The molecule has 2 aromatic heterocycles. The quantitative estimate of drug-likeness (QED) is 0.180. The highest BCUT2D eigenvalue weighted by atomic mass is 35.5. The molecule has 0 bridgehead atoms. The number of pyridine rings is 1. The number of halogens is 7. The second-order valence-corrected chi connectivity index (χ2v) is 9.72. The predicted octanol–water partition coefficient (Wildman–Crippen LogP) is 6.57. The highest BCUT2D eigenvalue weighted by Gasteiger charge is 2.36. The van der Waals surface area contributed by atoms with Gasteiger partial charge in [0.25, 0.3) is 11.8 Å². The van der Waals surface area contributed by atoms with Gasteiger partial charge >= 0.3 is 6.18 Å². The second kappa shape index (κ2) is 9.87. The minimum Gasteiger partial charge on any atom is -0.341 e. The third kappa shape index (κ3) is 4.81. The number of anilines is 1. The maximum atomic E-state index is 14.4. The molecule has 0 radical (unpaired) electrons. The second-order valence-electron chi connectivity index (χ2n) is 9.34. The van der Waals surface area contributed by atoms with E-state index in [4.69, 9.17) is 11.6 Å². The lowest BCUT2D eigenvalue weighted by atomic mass is 9.92. The lowest BCUT2D eigenvalue weighted by Crippen LogP contribution is -2.21. The summed E-state index contributed by atoms with van der Waals surface area (Å²) in [7, 11) is 0. The molecule has 0 saturated heterocycles. The molecule has 7 nitrogen and oxygen atoms in total. The van der Waals surface area contributed by atoms with Crippen LogP contribution in [0.1, 0.15) is 43.4 Å². The van der Waals surface area contributed by atoms with Crippen molar-refractivity contribution in [3.63, 3.8) is 0 Å². The van der Waals surface area contributed by atoms with E-state index >= 15 is 0 Å². The maximum Gasteiger partial charge on any atom is 0.416 e. The third-order valence-electron chi connectivity index (χ3n) is 6.66. The van der Waals surface area contributed by atoms with Gasteiger partial charge in [-0.2, -0.15) is 18.3 Å². The molecule has 0 spiro atoms. The van der Waals surface area contributed by atoms with Crippen LogP contribution in [-0.2, 0) is 6.18 Å². The summed E-state index contributed by atoms with van der Waals surface area (Å²) in [5.74, 6) is -5.21. The lowest BCUT2D eigenvalue weighted by Gasteiger charge is -2.19. The highest BCUT2D eigenvalue weighted by Crippen LogP contribution is 2.42. The first-order chi connectivity index (χ1) is 19.9. The van der Waals surface area contributed by atoms with E-state index in [0.29, 0.717) is 35.0 Å². The molecule has 1 aliphatic heterocycles. The van der Waals surface area contributed by atoms with Gasteiger partial charge in [-0.3, -0.25) is 9.59 Å². The summed E-state index contributed by atoms with van der Waals surface area (Å²) in [6.07, 6.45) is -2.03. The van der Waals surface area contributed by atoms with E-state index in [-0.39, 0.29) is 28.4 Å². The Hall–Kier alpha value is -4.91. The summed E-state index contributed by atoms with van der Waals surface area (Å²) < 4.78 is 84.0. The van der Waals surface area contributed by atoms with Crippen LogP contribution < -0.4 is 10.6 Å². The summed E-state index contributed by atoms with van der Waals surface area (Å²) in [4.78, 5) is 30.4. The Morgan fingerprint density at radius 3 is 2.50 bits per heavy atom. The van der Waals surface area contributed by atoms with Crippen molar-refractivity contribution in [2.24, 2.45) is 0 Å². The summed E-state index contributed by atoms with van der Waals surface area (Å²) in [6.45, 7) is 0. The minimum absolute atomic E-state index is 0.0116. The van der Waals surface area contributed by atoms with Gasteiger partial charge in [0.1, 0.15) is 23.8 Å². The molecule has 0 fully saturated rings. The van der Waals surface area contributed by atoms with E-state index in [9.17, 15) is 35.9 Å². The maximum absolute atomic E-state index is 14.4. The van der Waals surface area contributed by atoms with Gasteiger partial charge in [0, 0.05) is 45.8 Å². The zero-order chi connectivity index (χ0) is 29.9. The van der Waals surface area contributed by atoms with Crippen molar-refractivity contribution in [1.29, 1.82) is 0 Å². The van der Waals surface area contributed by atoms with Gasteiger partial charge in [-0.1, -0.05) is 11.6 Å². The van der Waals surface area contributed by atoms with Gasteiger partial charge < -0.3 is 10.6 Å². The van der Waals surface area contributed by atoms with Crippen LogP contribution in [0, 0.1) is 17.5 Å². The Labute approximate surface area is 236 Å². The monoisotopic (exact) mass is 601 g/mol. The largest absolute Gasteiger partial charge is 0.416 e. The van der Waals surface area contributed by atoms with Crippen LogP contribution in [0.4, 0.5) is 32.0 Å². The van der Waals surface area contributed by atoms with E-state index in [0.717, 1.165) is 6.07 Å². The smallest absolute Gasteiger partial charge is 0.341 e. The molecule has 14 heteroatoms. The molecule has 1 atom stereocenters. The average Bonchev–Trinajstić information content (AvgIpc) is 3.53. The number of nitrogens with one attached hydrogen (secondary N) is 2. The Balaban J connectivity index is 1.52. The fraction of sp³-hybridized carbons (Fsp3) is 0.0714. The molecule has 0 saturated carbocycles. The first-order valence-electron chi connectivity index (χ1n) is 12.0. The molecule has 2 amide bonds. The Bertz CT molecular complexity index is 1940. The van der Waals surface area contributed by atoms with Gasteiger partial charge in [-0.05, 0) is 54.1 Å². The van der Waals surface area contributed by atoms with Crippen LogP contribution in [0.2, 0.25) is 5.02 Å². The number of carbonyl (C=O) groups is 2. The summed E-state index contributed by atoms with van der Waals surface area (Å²) in [5, 5.41) is 8.59. The molecule has 42 heavy (non-hydrogen) atoms. The van der Waals surface area contributed by atoms with Crippen LogP contribution >= 0.6 is 11.6 Å². The Morgan fingerprint density at radius 1 is 0.976 bits per heavy atom. The Kier molecular flexibility index (Phi) is 6.41. The summed E-state index contributed by atoms with van der Waals surface area (Å²) >= 11 is 6.12. The van der Waals surface area contributed by atoms with E-state index in [1.54, 1.807) is 18.3 Å². The summed E-state index contributed by atoms with van der Waals surface area (Å²) in [6, 6.07) is 7.71. The van der Waals surface area contributed by atoms with Crippen molar-refractivity contribution >= 4 is 34.7 Å². The number of rotatable bonds is 4. The number of benzene rings is 3. The molecule has 1 aliphatic rings. The van der Waals surface area contributed by atoms with Crippen LogP contribution in [0.15, 0.2) is 67.1 Å². The number of hydrogen-bond donors (Lipinski definition) is 2. The van der Waals surface area contributed by atoms with Crippen molar-refractivity contribution in [3.05, 3.63) is 117 Å². The third-order valence-corrected chi connectivity index (χ3v) is 7.06. The minimum atomic E-state index is -4.93. The standard InChI is InChI=1S/C28H14ClF6N5O2/c29-24-19(8-17(31)9-20(24)32)25-23-18(27(42)39-25)5-13(12-1-2-22-36-11-37-40(22)10-12)6-21(23)38-26(41)14-3-15(28(33,34)35)7-16(30)4-14/h1-11,25H,(H,38,41)(H,39,42)/t25-/m1/s1. The lowest BCUT2D eigenvalue weighted by molar-refractivity contribution is -0.137. The molecule has 0 aliphatic carbocycles. The fourth-order valence-electron chi connectivity index (χ4n) is 4.79. The fourth-order valence-corrected chi connectivity index (χ4v) is 5.01. The van der Waals surface area contributed by atoms with E-state index in [1.165, 1.54) is 23.0 Å². The summed E-state index contributed by atoms with van der Waals surface area (Å²) in [5.41, 5.74) is -0.904. The van der Waals surface area contributed by atoms with Gasteiger partial charge in [0.2, 0.25) is 0 Å². The molecule has 2 N–H and O–H groups in total. The molecule has 3 heterocycles. The van der Waals surface area contributed by atoms with Gasteiger partial charge in [0.05, 0.1) is 16.6 Å². The predicted molar refractivity (Wildman–Crippen MR) is 138 cm³/mol. The van der Waals surface area contributed by atoms with E-state index in [1.807, 2.05) is 0 Å². The van der Waals surface area contributed by atoms with Crippen LogP contribution in [0.25, 0.3) is 16.8 Å². The van der Waals surface area contributed by atoms with Crippen molar-refractivity contribution in [3.8, 4) is 11.1 Å². The van der Waals surface area contributed by atoms with Gasteiger partial charge in [0.15, 0.2) is 5.65 Å². The van der Waals surface area contributed by atoms with Crippen LogP contribution in [0.3, 0.4) is 0 Å². The van der Waals surface area contributed by atoms with E-state index in [2.05, 4.69) is 20.7 Å². The number of fused-ring (bicyclic) bond motifs is 2. The zero-order valence-electron chi connectivity index (χ0n) is 20.7. The molecular formula is C28H14ClF6N5O2. The number of alkyl halides is 3. The van der Waals surface area contributed by atoms with Crippen LogP contribution in [-0.4, -0.2) is 26.4 Å². The van der Waals surface area contributed by atoms with Gasteiger partial charge in [-0.25, -0.2) is 22.7 Å². The molecule has 6 rings (SSSR count). The van der Waals surface area contributed by atoms with Crippen molar-refractivity contribution < 1.29 is 35.9 Å². The van der Waals surface area contributed by atoms with Crippen molar-refractivity contribution in [2.45, 2.75) is 12.2 Å². The Morgan fingerprint density at radius 2 is 1.74 bits per heavy atom. The zero-order valence-corrected chi connectivity index (χ0v) is 21.5.